The van der Waals surface area contributed by atoms with Crippen molar-refractivity contribution in [3.63, 3.8) is 0 Å². The molecule has 29 heavy (non-hydrogen) atoms. The van der Waals surface area contributed by atoms with E-state index in [-0.39, 0.29) is 6.42 Å². The van der Waals surface area contributed by atoms with E-state index in [1.165, 1.54) is 6.20 Å². The average molecular weight is 399 g/mol. The SMILES string of the molecule is CC(CC(=O)O)C(C(=O)O)(c1ccc(Nc2ccccc2)nc1)N1CCOCC1. The second-order valence-electron chi connectivity index (χ2n) is 7.09. The number of hydrogen-bond acceptors (Lipinski definition) is 6. The zero-order chi connectivity index (χ0) is 20.9. The molecule has 2 atom stereocenters. The van der Waals surface area contributed by atoms with Crippen LogP contribution in [-0.4, -0.2) is 58.3 Å². The highest BCUT2D eigenvalue weighted by molar-refractivity contribution is 5.82. The summed E-state index contributed by atoms with van der Waals surface area (Å²) in [5.41, 5.74) is -0.176. The summed E-state index contributed by atoms with van der Waals surface area (Å²) in [6.45, 7) is 3.26. The summed E-state index contributed by atoms with van der Waals surface area (Å²) in [6, 6.07) is 12.9. The molecule has 0 radical (unpaired) electrons. The molecule has 1 aliphatic heterocycles. The first-order valence-electron chi connectivity index (χ1n) is 9.51. The normalized spacial score (nSPS) is 17.8. The Morgan fingerprint density at radius 1 is 1.17 bits per heavy atom. The molecule has 8 heteroatoms. The van der Waals surface area contributed by atoms with Crippen molar-refractivity contribution in [3.8, 4) is 0 Å². The van der Waals surface area contributed by atoms with Crippen LogP contribution in [0.1, 0.15) is 18.9 Å². The Kier molecular flexibility index (Phi) is 6.46. The van der Waals surface area contributed by atoms with Gasteiger partial charge in [0, 0.05) is 30.5 Å². The number of carboxylic acid groups (broad SMARTS) is 2. The van der Waals surface area contributed by atoms with E-state index in [9.17, 15) is 19.8 Å². The van der Waals surface area contributed by atoms with Crippen LogP contribution in [0.4, 0.5) is 11.5 Å². The molecule has 1 aliphatic rings. The van der Waals surface area contributed by atoms with Crippen LogP contribution in [0.5, 0.6) is 0 Å². The van der Waals surface area contributed by atoms with E-state index in [0.29, 0.717) is 37.7 Å². The average Bonchev–Trinajstić information content (AvgIpc) is 2.70. The number of rotatable bonds is 8. The number of morpholine rings is 1. The second-order valence-corrected chi connectivity index (χ2v) is 7.09. The lowest BCUT2D eigenvalue weighted by Crippen LogP contribution is -2.59. The summed E-state index contributed by atoms with van der Waals surface area (Å²) < 4.78 is 5.38. The molecule has 0 bridgehead atoms. The van der Waals surface area contributed by atoms with Crippen molar-refractivity contribution >= 4 is 23.4 Å². The molecule has 2 aromatic rings. The number of benzene rings is 1. The Balaban J connectivity index is 1.98. The summed E-state index contributed by atoms with van der Waals surface area (Å²) in [6.07, 6.45) is 1.25. The van der Waals surface area contributed by atoms with Gasteiger partial charge in [-0.2, -0.15) is 0 Å². The van der Waals surface area contributed by atoms with E-state index >= 15 is 0 Å². The minimum absolute atomic E-state index is 0.270. The number of nitrogens with one attached hydrogen (secondary N) is 1. The third-order valence-electron chi connectivity index (χ3n) is 5.28. The van der Waals surface area contributed by atoms with Gasteiger partial charge < -0.3 is 20.3 Å². The maximum atomic E-state index is 12.6. The van der Waals surface area contributed by atoms with E-state index in [1.54, 1.807) is 24.0 Å². The molecule has 3 rings (SSSR count). The minimum atomic E-state index is -1.50. The Bertz CT molecular complexity index is 837. The number of ether oxygens (including phenoxy) is 1. The van der Waals surface area contributed by atoms with Gasteiger partial charge in [-0.1, -0.05) is 31.2 Å². The van der Waals surface area contributed by atoms with E-state index < -0.39 is 23.4 Å². The molecule has 1 saturated heterocycles. The van der Waals surface area contributed by atoms with Crippen molar-refractivity contribution in [3.05, 3.63) is 54.2 Å². The predicted molar refractivity (Wildman–Crippen MR) is 107 cm³/mol. The molecular formula is C21H25N3O5. The molecule has 1 fully saturated rings. The van der Waals surface area contributed by atoms with Gasteiger partial charge in [0.1, 0.15) is 11.4 Å². The third-order valence-corrected chi connectivity index (χ3v) is 5.28. The second kappa shape index (κ2) is 9.02. The highest BCUT2D eigenvalue weighted by atomic mass is 16.5. The van der Waals surface area contributed by atoms with Crippen LogP contribution in [0.15, 0.2) is 48.7 Å². The molecular weight excluding hydrogens is 374 g/mol. The first-order valence-corrected chi connectivity index (χ1v) is 9.51. The van der Waals surface area contributed by atoms with Crippen molar-refractivity contribution in [2.45, 2.75) is 18.9 Å². The standard InChI is InChI=1S/C21H25N3O5/c1-15(13-19(25)26)21(20(27)28,24-9-11-29-12-10-24)16-7-8-18(22-14-16)23-17-5-3-2-4-6-17/h2-8,14-15H,9-13H2,1H3,(H,22,23)(H,25,26)(H,27,28). The van der Waals surface area contributed by atoms with Crippen LogP contribution in [0.2, 0.25) is 0 Å². The maximum Gasteiger partial charge on any atom is 0.329 e. The number of carboxylic acids is 2. The van der Waals surface area contributed by atoms with Gasteiger partial charge in [0.15, 0.2) is 0 Å². The number of nitrogens with zero attached hydrogens (tertiary/aromatic N) is 2. The third kappa shape index (κ3) is 4.38. The van der Waals surface area contributed by atoms with Crippen LogP contribution in [0.25, 0.3) is 0 Å². The van der Waals surface area contributed by atoms with Gasteiger partial charge in [-0.25, -0.2) is 9.78 Å². The molecule has 0 spiro atoms. The fraction of sp³-hybridized carbons (Fsp3) is 0.381. The first kappa shape index (κ1) is 20.8. The zero-order valence-corrected chi connectivity index (χ0v) is 16.2. The van der Waals surface area contributed by atoms with Gasteiger partial charge in [-0.3, -0.25) is 9.69 Å². The quantitative estimate of drug-likeness (QED) is 0.621. The Labute approximate surface area is 169 Å². The van der Waals surface area contributed by atoms with E-state index in [2.05, 4.69) is 10.3 Å². The Hall–Kier alpha value is -2.97. The molecule has 0 amide bonds. The molecule has 1 aromatic heterocycles. The van der Waals surface area contributed by atoms with Gasteiger partial charge >= 0.3 is 11.9 Å². The number of aromatic nitrogens is 1. The molecule has 0 aliphatic carbocycles. The largest absolute Gasteiger partial charge is 0.481 e. The lowest BCUT2D eigenvalue weighted by molar-refractivity contribution is -0.163. The number of anilines is 2. The van der Waals surface area contributed by atoms with Crippen molar-refractivity contribution in [1.82, 2.24) is 9.88 Å². The smallest absolute Gasteiger partial charge is 0.329 e. The molecule has 3 N–H and O–H groups in total. The van der Waals surface area contributed by atoms with Crippen LogP contribution in [0, 0.1) is 5.92 Å². The molecule has 2 heterocycles. The van der Waals surface area contributed by atoms with Gasteiger partial charge in [0.2, 0.25) is 0 Å². The van der Waals surface area contributed by atoms with Crippen LogP contribution in [0.3, 0.4) is 0 Å². The Morgan fingerprint density at radius 2 is 1.86 bits per heavy atom. The van der Waals surface area contributed by atoms with Gasteiger partial charge in [0.05, 0.1) is 19.6 Å². The van der Waals surface area contributed by atoms with Crippen LogP contribution in [-0.2, 0) is 19.9 Å². The highest BCUT2D eigenvalue weighted by Gasteiger charge is 2.51. The molecule has 8 nitrogen and oxygen atoms in total. The number of pyridine rings is 1. The van der Waals surface area contributed by atoms with E-state index in [0.717, 1.165) is 5.69 Å². The minimum Gasteiger partial charge on any atom is -0.481 e. The fourth-order valence-electron chi connectivity index (χ4n) is 3.94. The number of aliphatic carboxylic acids is 2. The van der Waals surface area contributed by atoms with Crippen molar-refractivity contribution in [1.29, 1.82) is 0 Å². The number of para-hydroxylation sites is 1. The van der Waals surface area contributed by atoms with Crippen LogP contribution < -0.4 is 5.32 Å². The maximum absolute atomic E-state index is 12.6. The molecule has 0 saturated carbocycles. The highest BCUT2D eigenvalue weighted by Crippen LogP contribution is 2.39. The van der Waals surface area contributed by atoms with Crippen molar-refractivity contribution < 1.29 is 24.5 Å². The van der Waals surface area contributed by atoms with Crippen molar-refractivity contribution in [2.24, 2.45) is 5.92 Å². The number of carbonyl (C=O) groups is 2. The molecule has 2 unspecified atom stereocenters. The summed E-state index contributed by atoms with van der Waals surface area (Å²) in [4.78, 5) is 30.2. The van der Waals surface area contributed by atoms with Crippen LogP contribution >= 0.6 is 0 Å². The lowest BCUT2D eigenvalue weighted by atomic mass is 9.76. The fourth-order valence-corrected chi connectivity index (χ4v) is 3.94. The van der Waals surface area contributed by atoms with Gasteiger partial charge in [-0.05, 0) is 24.1 Å². The topological polar surface area (TPSA) is 112 Å². The molecule has 1 aromatic carbocycles. The molecule has 154 valence electrons. The summed E-state index contributed by atoms with van der Waals surface area (Å²) in [7, 11) is 0. The van der Waals surface area contributed by atoms with E-state index in [1.807, 2.05) is 30.3 Å². The monoisotopic (exact) mass is 399 g/mol. The predicted octanol–water partition coefficient (Wildman–Crippen LogP) is 2.55. The zero-order valence-electron chi connectivity index (χ0n) is 16.2. The Morgan fingerprint density at radius 3 is 2.41 bits per heavy atom. The van der Waals surface area contributed by atoms with Gasteiger partial charge in [0.25, 0.3) is 0 Å². The summed E-state index contributed by atoms with van der Waals surface area (Å²) >= 11 is 0. The first-order chi connectivity index (χ1) is 13.9. The van der Waals surface area contributed by atoms with E-state index in [4.69, 9.17) is 4.74 Å². The number of hydrogen-bond donors (Lipinski definition) is 3. The summed E-state index contributed by atoms with van der Waals surface area (Å²) in [5, 5.41) is 22.8. The summed E-state index contributed by atoms with van der Waals surface area (Å²) in [5.74, 6) is -2.22. The van der Waals surface area contributed by atoms with Gasteiger partial charge in [-0.15, -0.1) is 0 Å². The lowest BCUT2D eigenvalue weighted by Gasteiger charge is -2.46. The van der Waals surface area contributed by atoms with Crippen molar-refractivity contribution in [2.75, 3.05) is 31.6 Å².